The molecule has 36 heavy (non-hydrogen) atoms. The topological polar surface area (TPSA) is 116 Å². The molecule has 180 valence electrons. The number of rotatable bonds is 5. The second-order valence-corrected chi connectivity index (χ2v) is 9.23. The lowest BCUT2D eigenvalue weighted by molar-refractivity contribution is -0.115. The molecular weight excluding hydrogens is 526 g/mol. The van der Waals surface area contributed by atoms with Crippen LogP contribution in [0, 0.1) is 0 Å². The maximum Gasteiger partial charge on any atom is 0.336 e. The molecule has 0 spiro atoms. The number of phenols is 2. The maximum absolute atomic E-state index is 13.2. The minimum Gasteiger partial charge on any atom is -0.508 e. The summed E-state index contributed by atoms with van der Waals surface area (Å²) >= 11 is 3.44. The lowest BCUT2D eigenvalue weighted by atomic mass is 9.79. The average Bonchev–Trinajstić information content (AvgIpc) is 2.87. The summed E-state index contributed by atoms with van der Waals surface area (Å²) in [5, 5.41) is 33.1. The van der Waals surface area contributed by atoms with Gasteiger partial charge in [0.2, 0.25) is 5.91 Å². The Bertz CT molecular complexity index is 1440. The first-order valence-electron chi connectivity index (χ1n) is 11.0. The number of carbonyl (C=O) groups is 2. The van der Waals surface area contributed by atoms with Gasteiger partial charge in [-0.05, 0) is 29.8 Å². The van der Waals surface area contributed by atoms with Crippen molar-refractivity contribution in [2.75, 3.05) is 5.32 Å². The zero-order valence-corrected chi connectivity index (χ0v) is 20.3. The Balaban J connectivity index is 1.68. The molecule has 4 aromatic rings. The van der Waals surface area contributed by atoms with Gasteiger partial charge in [0, 0.05) is 40.4 Å². The minimum absolute atomic E-state index is 0.00332. The van der Waals surface area contributed by atoms with Crippen LogP contribution in [-0.4, -0.2) is 27.2 Å². The number of hydrogen-bond acceptors (Lipinski definition) is 5. The molecule has 1 amide bonds. The Hall–Kier alpha value is -4.30. The summed E-state index contributed by atoms with van der Waals surface area (Å²) in [4.78, 5) is 24.9. The highest BCUT2D eigenvalue weighted by molar-refractivity contribution is 9.09. The quantitative estimate of drug-likeness (QED) is 0.196. The van der Waals surface area contributed by atoms with Crippen LogP contribution in [0.2, 0.25) is 0 Å². The molecule has 4 N–H and O–H groups in total. The van der Waals surface area contributed by atoms with Crippen molar-refractivity contribution < 1.29 is 29.6 Å². The molecule has 1 atom stereocenters. The monoisotopic (exact) mass is 545 g/mol. The van der Waals surface area contributed by atoms with Crippen LogP contribution in [0.5, 0.6) is 23.0 Å². The first-order chi connectivity index (χ1) is 17.3. The number of halogens is 1. The predicted molar refractivity (Wildman–Crippen MR) is 137 cm³/mol. The van der Waals surface area contributed by atoms with E-state index in [9.17, 15) is 24.9 Å². The molecule has 0 fully saturated rings. The average molecular weight is 546 g/mol. The van der Waals surface area contributed by atoms with E-state index in [1.165, 1.54) is 30.3 Å². The highest BCUT2D eigenvalue weighted by Gasteiger charge is 2.34. The van der Waals surface area contributed by atoms with Crippen molar-refractivity contribution in [3.05, 3.63) is 113 Å². The molecule has 7 nitrogen and oxygen atoms in total. The van der Waals surface area contributed by atoms with Gasteiger partial charge in [-0.25, -0.2) is 4.79 Å². The van der Waals surface area contributed by atoms with Crippen LogP contribution in [-0.2, 0) is 4.79 Å². The van der Waals surface area contributed by atoms with Gasteiger partial charge in [-0.1, -0.05) is 64.5 Å². The van der Waals surface area contributed by atoms with Gasteiger partial charge in [0.15, 0.2) is 0 Å². The number of fused-ring (bicyclic) bond motifs is 2. The van der Waals surface area contributed by atoms with Crippen LogP contribution in [0.25, 0.3) is 0 Å². The summed E-state index contributed by atoms with van der Waals surface area (Å²) < 4.78 is 5.95. The third kappa shape index (κ3) is 4.27. The zero-order valence-electron chi connectivity index (χ0n) is 18.7. The number of alkyl halides is 1. The van der Waals surface area contributed by atoms with Gasteiger partial charge in [0.1, 0.15) is 27.8 Å². The molecule has 1 aliphatic heterocycles. The molecule has 4 aromatic carbocycles. The Kier molecular flexibility index (Phi) is 6.12. The second-order valence-electron chi connectivity index (χ2n) is 8.31. The summed E-state index contributed by atoms with van der Waals surface area (Å²) in [6.07, 6.45) is 0. The summed E-state index contributed by atoms with van der Waals surface area (Å²) in [7, 11) is 0. The first kappa shape index (κ1) is 23.4. The molecule has 0 radical (unpaired) electrons. The molecule has 0 saturated heterocycles. The molecule has 5 rings (SSSR count). The molecule has 0 bridgehead atoms. The largest absolute Gasteiger partial charge is 0.508 e. The van der Waals surface area contributed by atoms with E-state index in [2.05, 4.69) is 21.2 Å². The number of aromatic hydroxyl groups is 2. The van der Waals surface area contributed by atoms with Crippen molar-refractivity contribution in [2.24, 2.45) is 0 Å². The third-order valence-electron chi connectivity index (χ3n) is 6.04. The van der Waals surface area contributed by atoms with E-state index in [1.54, 1.807) is 24.3 Å². The molecule has 1 unspecified atom stereocenters. The normalized spacial score (nSPS) is 13.1. The summed E-state index contributed by atoms with van der Waals surface area (Å²) in [6.45, 7) is 0. The van der Waals surface area contributed by atoms with E-state index in [0.29, 0.717) is 33.9 Å². The van der Waals surface area contributed by atoms with Crippen molar-refractivity contribution in [2.45, 2.75) is 10.7 Å². The molecular formula is C28H20BrNO6. The number of phenolic OH excluding ortho intramolecular Hbond substituents is 2. The van der Waals surface area contributed by atoms with Gasteiger partial charge in [0.05, 0.1) is 5.56 Å². The highest BCUT2D eigenvalue weighted by atomic mass is 79.9. The van der Waals surface area contributed by atoms with Crippen LogP contribution >= 0.6 is 15.9 Å². The third-order valence-corrected chi connectivity index (χ3v) is 6.99. The van der Waals surface area contributed by atoms with E-state index in [0.717, 1.165) is 5.56 Å². The van der Waals surface area contributed by atoms with Gasteiger partial charge in [-0.2, -0.15) is 0 Å². The smallest absolute Gasteiger partial charge is 0.336 e. The van der Waals surface area contributed by atoms with Crippen LogP contribution in [0.4, 0.5) is 5.69 Å². The van der Waals surface area contributed by atoms with Gasteiger partial charge in [-0.15, -0.1) is 0 Å². The maximum atomic E-state index is 13.2. The van der Waals surface area contributed by atoms with Crippen LogP contribution in [0.15, 0.2) is 84.9 Å². The Labute approximate surface area is 214 Å². The number of ether oxygens (including phenoxy) is 1. The van der Waals surface area contributed by atoms with Crippen LogP contribution < -0.4 is 10.1 Å². The SMILES string of the molecule is O=C(O)c1cccc(NC(=O)C(Br)c2ccccc2)c1C1c2ccc(O)cc2Oc2cc(O)ccc21. The van der Waals surface area contributed by atoms with Crippen LogP contribution in [0.3, 0.4) is 0 Å². The zero-order chi connectivity index (χ0) is 25.4. The number of nitrogens with one attached hydrogen (secondary N) is 1. The van der Waals surface area contributed by atoms with E-state index in [-0.39, 0.29) is 23.0 Å². The van der Waals surface area contributed by atoms with Gasteiger partial charge in [0.25, 0.3) is 0 Å². The Morgan fingerprint density at radius 2 is 1.44 bits per heavy atom. The number of anilines is 1. The van der Waals surface area contributed by atoms with Crippen molar-refractivity contribution in [1.29, 1.82) is 0 Å². The van der Waals surface area contributed by atoms with E-state index < -0.39 is 16.7 Å². The van der Waals surface area contributed by atoms with Crippen molar-refractivity contribution in [3.63, 3.8) is 0 Å². The Morgan fingerprint density at radius 3 is 2.03 bits per heavy atom. The van der Waals surface area contributed by atoms with E-state index in [4.69, 9.17) is 4.74 Å². The summed E-state index contributed by atoms with van der Waals surface area (Å²) in [6, 6.07) is 23.0. The van der Waals surface area contributed by atoms with Gasteiger partial charge in [-0.3, -0.25) is 4.79 Å². The molecule has 0 aliphatic carbocycles. The molecule has 0 saturated carbocycles. The number of amides is 1. The summed E-state index contributed by atoms with van der Waals surface area (Å²) in [5.41, 5.74) is 2.64. The number of carboxylic acids is 1. The summed E-state index contributed by atoms with van der Waals surface area (Å²) in [5.74, 6) is -1.61. The lowest BCUT2D eigenvalue weighted by Crippen LogP contribution is -2.22. The minimum atomic E-state index is -1.16. The molecule has 0 aromatic heterocycles. The number of carboxylic acid groups (broad SMARTS) is 1. The number of benzene rings is 4. The van der Waals surface area contributed by atoms with Gasteiger partial charge >= 0.3 is 5.97 Å². The molecule has 1 aliphatic rings. The van der Waals surface area contributed by atoms with Crippen molar-refractivity contribution in [1.82, 2.24) is 0 Å². The van der Waals surface area contributed by atoms with Crippen LogP contribution in [0.1, 0.15) is 43.4 Å². The molecule has 8 heteroatoms. The predicted octanol–water partition coefficient (Wildman–Crippen LogP) is 6.16. The standard InChI is InChI=1S/C28H20BrNO6/c29-26(15-5-2-1-3-6-15)27(33)30-21-8-4-7-20(28(34)35)25(21)24-18-11-9-16(31)13-22(18)36-23-14-17(32)10-12-19(23)24/h1-14,24,26,31-32H,(H,30,33)(H,34,35). The second kappa shape index (κ2) is 9.39. The van der Waals surface area contributed by atoms with E-state index in [1.807, 2.05) is 30.3 Å². The fraction of sp³-hybridized carbons (Fsp3) is 0.0714. The fourth-order valence-electron chi connectivity index (χ4n) is 4.44. The first-order valence-corrected chi connectivity index (χ1v) is 11.9. The number of aromatic carboxylic acids is 1. The Morgan fingerprint density at radius 1 is 0.833 bits per heavy atom. The van der Waals surface area contributed by atoms with Gasteiger partial charge < -0.3 is 25.4 Å². The highest BCUT2D eigenvalue weighted by Crippen LogP contribution is 2.51. The van der Waals surface area contributed by atoms with Crippen molar-refractivity contribution >= 4 is 33.5 Å². The molecule has 1 heterocycles. The lowest BCUT2D eigenvalue weighted by Gasteiger charge is -2.31. The number of carbonyl (C=O) groups excluding carboxylic acids is 1. The van der Waals surface area contributed by atoms with Crippen molar-refractivity contribution in [3.8, 4) is 23.0 Å². The van der Waals surface area contributed by atoms with E-state index >= 15 is 0 Å². The fourth-order valence-corrected chi connectivity index (χ4v) is 4.86. The number of hydrogen-bond donors (Lipinski definition) is 4.